The summed E-state index contributed by atoms with van der Waals surface area (Å²) in [7, 11) is 3.19. The average molecular weight is 358 g/mol. The van der Waals surface area contributed by atoms with E-state index in [0.29, 0.717) is 29.0 Å². The predicted molar refractivity (Wildman–Crippen MR) is 99.4 cm³/mol. The molecule has 132 valence electrons. The number of ketones is 1. The molecule has 0 radical (unpaired) electrons. The van der Waals surface area contributed by atoms with E-state index < -0.39 is 0 Å². The summed E-state index contributed by atoms with van der Waals surface area (Å²) >= 11 is 0. The summed E-state index contributed by atoms with van der Waals surface area (Å²) in [6.07, 6.45) is 2.42. The highest BCUT2D eigenvalue weighted by Gasteiger charge is 2.21. The molecular weight excluding hydrogens is 335 g/mol. The predicted octanol–water partition coefficient (Wildman–Crippen LogP) is 4.94. The number of benzene rings is 2. The summed E-state index contributed by atoms with van der Waals surface area (Å²) in [5.41, 5.74) is 1.99. The lowest BCUT2D eigenvalue weighted by molar-refractivity contribution is 0.103. The van der Waals surface area contributed by atoms with Gasteiger partial charge in [0.05, 0.1) is 19.8 Å². The highest BCUT2D eigenvalue weighted by atomic mass is 31.1. The Hall–Kier alpha value is -2.19. The number of rotatable bonds is 9. The molecule has 0 aromatic heterocycles. The minimum atomic E-state index is -0.121. The van der Waals surface area contributed by atoms with E-state index in [0.717, 1.165) is 18.4 Å². The number of hydrogen-bond acceptors (Lipinski definition) is 4. The van der Waals surface area contributed by atoms with Crippen molar-refractivity contribution in [3.05, 3.63) is 59.2 Å². The van der Waals surface area contributed by atoms with Crippen molar-refractivity contribution < 1.29 is 18.8 Å². The van der Waals surface area contributed by atoms with Gasteiger partial charge >= 0.3 is 0 Å². The Morgan fingerprint density at radius 2 is 1.76 bits per heavy atom. The fraction of sp³-hybridized carbons (Fsp3) is 0.350. The maximum Gasteiger partial charge on any atom is 0.197 e. The second-order valence-corrected chi connectivity index (χ2v) is 6.72. The minimum absolute atomic E-state index is 0.0196. The van der Waals surface area contributed by atoms with Gasteiger partial charge in [-0.05, 0) is 30.5 Å². The fourth-order valence-electron chi connectivity index (χ4n) is 2.91. The van der Waals surface area contributed by atoms with Crippen LogP contribution in [-0.4, -0.2) is 25.7 Å². The first-order valence-corrected chi connectivity index (χ1v) is 9.20. The molecule has 2 aromatic rings. The molecule has 0 N–H and O–H groups in total. The third-order valence-corrected chi connectivity index (χ3v) is 4.87. The van der Waals surface area contributed by atoms with Crippen LogP contribution in [0.2, 0.25) is 0 Å². The summed E-state index contributed by atoms with van der Waals surface area (Å²) in [5, 5.41) is 0. The monoisotopic (exact) mass is 358 g/mol. The zero-order valence-electron chi connectivity index (χ0n) is 14.8. The van der Waals surface area contributed by atoms with E-state index in [-0.39, 0.29) is 19.9 Å². The van der Waals surface area contributed by atoms with Gasteiger partial charge in [-0.25, -0.2) is 0 Å². The van der Waals surface area contributed by atoms with Crippen LogP contribution in [0, 0.1) is 0 Å². The minimum Gasteiger partial charge on any atom is -0.493 e. The molecule has 2 aromatic carbocycles. The lowest BCUT2D eigenvalue weighted by atomic mass is 9.94. The second-order valence-electron chi connectivity index (χ2n) is 5.78. The van der Waals surface area contributed by atoms with Crippen molar-refractivity contribution in [1.82, 2.24) is 0 Å². The molecule has 0 saturated heterocycles. The van der Waals surface area contributed by atoms with E-state index in [1.54, 1.807) is 31.4 Å². The number of methoxy groups -OCH3 is 2. The summed E-state index contributed by atoms with van der Waals surface area (Å²) in [6.45, 7) is 2.07. The summed E-state index contributed by atoms with van der Waals surface area (Å²) in [4.78, 5) is 13.1. The largest absolute Gasteiger partial charge is 0.493 e. The van der Waals surface area contributed by atoms with Gasteiger partial charge in [-0.3, -0.25) is 9.36 Å². The van der Waals surface area contributed by atoms with Crippen LogP contribution >= 0.6 is 8.46 Å². The van der Waals surface area contributed by atoms with Gasteiger partial charge in [-0.2, -0.15) is 0 Å². The molecule has 0 heterocycles. The number of carbonyl (C=O) groups excluding carboxylic acids is 1. The van der Waals surface area contributed by atoms with Gasteiger partial charge in [-0.1, -0.05) is 43.7 Å². The first-order valence-electron chi connectivity index (χ1n) is 8.32. The van der Waals surface area contributed by atoms with Gasteiger partial charge < -0.3 is 9.47 Å². The van der Waals surface area contributed by atoms with Gasteiger partial charge in [0.15, 0.2) is 25.7 Å². The molecule has 0 saturated carbocycles. The molecule has 0 bridgehead atoms. The Balaban J connectivity index is 2.42. The zero-order valence-corrected chi connectivity index (χ0v) is 15.7. The van der Waals surface area contributed by atoms with Gasteiger partial charge in [0.1, 0.15) is 0 Å². The topological polar surface area (TPSA) is 52.6 Å². The first-order chi connectivity index (χ1) is 12.2. The van der Waals surface area contributed by atoms with Crippen LogP contribution in [0.25, 0.3) is 0 Å². The summed E-state index contributed by atoms with van der Waals surface area (Å²) < 4.78 is 22.1. The molecule has 0 fully saturated rings. The Labute approximate surface area is 150 Å². The van der Waals surface area contributed by atoms with Crippen LogP contribution in [0.4, 0.5) is 0 Å². The molecule has 1 unspecified atom stereocenters. The fourth-order valence-corrected chi connectivity index (χ4v) is 3.54. The number of ether oxygens (including phenoxy) is 2. The number of hydrogen-bond donors (Lipinski definition) is 0. The third kappa shape index (κ3) is 4.46. The maximum atomic E-state index is 13.1. The Morgan fingerprint density at radius 3 is 2.40 bits per heavy atom. The van der Waals surface area contributed by atoms with Gasteiger partial charge in [0, 0.05) is 11.2 Å². The molecule has 4 nitrogen and oxygen atoms in total. The molecule has 0 aliphatic carbocycles. The SMILES string of the molecule is CCCC(Cc1ccccc1C(=O)c1cccc(OC)c1OC)P=O. The van der Waals surface area contributed by atoms with Crippen molar-refractivity contribution in [2.24, 2.45) is 0 Å². The van der Waals surface area contributed by atoms with Gasteiger partial charge in [0.2, 0.25) is 0 Å². The van der Waals surface area contributed by atoms with Crippen LogP contribution in [0.5, 0.6) is 11.5 Å². The summed E-state index contributed by atoms with van der Waals surface area (Å²) in [5.74, 6) is 0.828. The van der Waals surface area contributed by atoms with Crippen molar-refractivity contribution in [3.8, 4) is 11.5 Å². The van der Waals surface area contributed by atoms with Crippen molar-refractivity contribution in [2.75, 3.05) is 14.2 Å². The first kappa shape index (κ1) is 19.1. The molecule has 2 rings (SSSR count). The molecule has 0 aliphatic rings. The summed E-state index contributed by atoms with van der Waals surface area (Å²) in [6, 6.07) is 12.7. The van der Waals surface area contributed by atoms with Crippen LogP contribution in [0.3, 0.4) is 0 Å². The van der Waals surface area contributed by atoms with Crippen molar-refractivity contribution >= 4 is 14.2 Å². The molecule has 1 atom stereocenters. The second kappa shape index (κ2) is 9.33. The third-order valence-electron chi connectivity index (χ3n) is 4.14. The number of para-hydroxylation sites is 1. The van der Waals surface area contributed by atoms with E-state index in [4.69, 9.17) is 9.47 Å². The Morgan fingerprint density at radius 1 is 1.04 bits per heavy atom. The smallest absolute Gasteiger partial charge is 0.197 e. The standard InChI is InChI=1S/C20H23O4P/c1-4-8-15(25-22)13-14-9-5-6-10-16(14)19(21)17-11-7-12-18(23-2)20(17)24-3/h5-7,9-12,15H,4,8,13H2,1-3H3. The Bertz CT molecular complexity index is 742. The van der Waals surface area contributed by atoms with Crippen molar-refractivity contribution in [3.63, 3.8) is 0 Å². The van der Waals surface area contributed by atoms with Gasteiger partial charge in [0.25, 0.3) is 0 Å². The van der Waals surface area contributed by atoms with E-state index in [1.165, 1.54) is 7.11 Å². The lowest BCUT2D eigenvalue weighted by Gasteiger charge is -2.15. The van der Waals surface area contributed by atoms with E-state index in [2.05, 4.69) is 6.92 Å². The van der Waals surface area contributed by atoms with Gasteiger partial charge in [-0.15, -0.1) is 0 Å². The van der Waals surface area contributed by atoms with Crippen LogP contribution in [-0.2, 0) is 11.0 Å². The highest BCUT2D eigenvalue weighted by Crippen LogP contribution is 2.33. The molecular formula is C20H23O4P. The normalized spacial score (nSPS) is 12.0. The van der Waals surface area contributed by atoms with Crippen molar-refractivity contribution in [1.29, 1.82) is 0 Å². The van der Waals surface area contributed by atoms with E-state index in [9.17, 15) is 9.36 Å². The lowest BCUT2D eigenvalue weighted by Crippen LogP contribution is -2.11. The van der Waals surface area contributed by atoms with Crippen molar-refractivity contribution in [2.45, 2.75) is 31.8 Å². The molecule has 0 amide bonds. The average Bonchev–Trinajstić information content (AvgIpc) is 2.66. The van der Waals surface area contributed by atoms with E-state index >= 15 is 0 Å². The molecule has 25 heavy (non-hydrogen) atoms. The van der Waals surface area contributed by atoms with Crippen LogP contribution < -0.4 is 9.47 Å². The number of carbonyl (C=O) groups is 1. The Kier molecular flexibility index (Phi) is 7.15. The molecule has 5 heteroatoms. The zero-order chi connectivity index (χ0) is 18.2. The van der Waals surface area contributed by atoms with E-state index in [1.807, 2.05) is 18.2 Å². The van der Waals surface area contributed by atoms with Crippen LogP contribution in [0.15, 0.2) is 42.5 Å². The quantitative estimate of drug-likeness (QED) is 0.471. The van der Waals surface area contributed by atoms with Crippen LogP contribution in [0.1, 0.15) is 41.3 Å². The highest BCUT2D eigenvalue weighted by molar-refractivity contribution is 7.24. The molecule has 0 aliphatic heterocycles. The maximum absolute atomic E-state index is 13.1. The molecule has 0 spiro atoms.